The minimum atomic E-state index is 0.844. The summed E-state index contributed by atoms with van der Waals surface area (Å²) < 4.78 is 0. The van der Waals surface area contributed by atoms with Crippen molar-refractivity contribution in [1.29, 1.82) is 0 Å². The topological polar surface area (TPSA) is 15.3 Å². The van der Waals surface area contributed by atoms with Crippen LogP contribution in [-0.2, 0) is 13.0 Å². The molecule has 1 N–H and O–H groups in total. The van der Waals surface area contributed by atoms with E-state index >= 15 is 0 Å². The van der Waals surface area contributed by atoms with Crippen LogP contribution in [0.15, 0.2) is 48.5 Å². The lowest BCUT2D eigenvalue weighted by Gasteiger charge is -2.19. The van der Waals surface area contributed by atoms with Gasteiger partial charge in [-0.15, -0.1) is 0 Å². The zero-order valence-electron chi connectivity index (χ0n) is 12.2. The minimum Gasteiger partial charge on any atom is -0.371 e. The van der Waals surface area contributed by atoms with E-state index in [9.17, 15) is 0 Å². The van der Waals surface area contributed by atoms with E-state index in [1.165, 1.54) is 23.2 Å². The second-order valence-corrected chi connectivity index (χ2v) is 5.89. The number of hydrogen-bond acceptors (Lipinski definition) is 2. The number of rotatable bonds is 6. The van der Waals surface area contributed by atoms with Gasteiger partial charge in [0.1, 0.15) is 0 Å². The van der Waals surface area contributed by atoms with E-state index in [1.54, 1.807) is 0 Å². The maximum absolute atomic E-state index is 6.15. The maximum Gasteiger partial charge on any atom is 0.0450 e. The molecule has 0 aromatic heterocycles. The monoisotopic (exact) mass is 300 g/mol. The molecular formula is C18H21ClN2. The Balaban J connectivity index is 1.41. The highest BCUT2D eigenvalue weighted by Gasteiger charge is 2.17. The zero-order chi connectivity index (χ0) is 14.5. The molecule has 0 unspecified atom stereocenters. The molecule has 1 aliphatic rings. The van der Waals surface area contributed by atoms with Gasteiger partial charge < -0.3 is 10.2 Å². The van der Waals surface area contributed by atoms with Gasteiger partial charge in [-0.1, -0.05) is 48.0 Å². The highest BCUT2D eigenvalue weighted by Crippen LogP contribution is 2.27. The molecule has 21 heavy (non-hydrogen) atoms. The molecule has 3 heteroatoms. The standard InChI is InChI=1S/C18H21ClN2/c19-17-8-3-1-7-16(17)14-20-11-5-12-21-13-10-15-6-2-4-9-18(15)21/h1-4,6-9,20H,5,10-14H2. The molecule has 0 fully saturated rings. The highest BCUT2D eigenvalue weighted by atomic mass is 35.5. The summed E-state index contributed by atoms with van der Waals surface area (Å²) in [7, 11) is 0. The average molecular weight is 301 g/mol. The molecule has 0 atom stereocenters. The average Bonchev–Trinajstić information content (AvgIpc) is 2.92. The quantitative estimate of drug-likeness (QED) is 0.814. The van der Waals surface area contributed by atoms with Crippen molar-refractivity contribution in [1.82, 2.24) is 5.32 Å². The minimum absolute atomic E-state index is 0.844. The first-order valence-corrected chi connectivity index (χ1v) is 7.99. The van der Waals surface area contributed by atoms with E-state index < -0.39 is 0 Å². The highest BCUT2D eigenvalue weighted by molar-refractivity contribution is 6.31. The van der Waals surface area contributed by atoms with Gasteiger partial charge in [-0.05, 0) is 42.6 Å². The molecule has 2 nitrogen and oxygen atoms in total. The Hall–Kier alpha value is -1.51. The predicted molar refractivity (Wildman–Crippen MR) is 90.1 cm³/mol. The van der Waals surface area contributed by atoms with Crippen molar-refractivity contribution in [3.8, 4) is 0 Å². The molecule has 2 aromatic carbocycles. The summed E-state index contributed by atoms with van der Waals surface area (Å²) in [5.41, 5.74) is 4.08. The number of anilines is 1. The van der Waals surface area contributed by atoms with Crippen molar-refractivity contribution in [2.24, 2.45) is 0 Å². The summed E-state index contributed by atoms with van der Waals surface area (Å²) in [5, 5.41) is 4.33. The Morgan fingerprint density at radius 3 is 2.76 bits per heavy atom. The third-order valence-electron chi connectivity index (χ3n) is 4.04. The van der Waals surface area contributed by atoms with Gasteiger partial charge in [0.25, 0.3) is 0 Å². The first-order valence-electron chi connectivity index (χ1n) is 7.61. The molecule has 2 aromatic rings. The number of nitrogens with zero attached hydrogens (tertiary/aromatic N) is 1. The molecule has 0 bridgehead atoms. The second-order valence-electron chi connectivity index (χ2n) is 5.49. The molecule has 0 spiro atoms. The van der Waals surface area contributed by atoms with Crippen molar-refractivity contribution in [3.63, 3.8) is 0 Å². The molecular weight excluding hydrogens is 280 g/mol. The molecule has 0 radical (unpaired) electrons. The van der Waals surface area contributed by atoms with Gasteiger partial charge in [0.2, 0.25) is 0 Å². The molecule has 0 amide bonds. The number of halogens is 1. The Morgan fingerprint density at radius 1 is 1.05 bits per heavy atom. The van der Waals surface area contributed by atoms with Crippen molar-refractivity contribution in [2.45, 2.75) is 19.4 Å². The van der Waals surface area contributed by atoms with Gasteiger partial charge in [0, 0.05) is 30.3 Å². The van der Waals surface area contributed by atoms with Crippen LogP contribution < -0.4 is 10.2 Å². The van der Waals surface area contributed by atoms with Gasteiger partial charge in [0.05, 0.1) is 0 Å². The van der Waals surface area contributed by atoms with Crippen LogP contribution in [0.4, 0.5) is 5.69 Å². The van der Waals surface area contributed by atoms with E-state index in [2.05, 4.69) is 40.5 Å². The zero-order valence-corrected chi connectivity index (χ0v) is 12.9. The number of nitrogens with one attached hydrogen (secondary N) is 1. The maximum atomic E-state index is 6.15. The number of benzene rings is 2. The Bertz CT molecular complexity index is 597. The van der Waals surface area contributed by atoms with Crippen LogP contribution in [-0.4, -0.2) is 19.6 Å². The fourth-order valence-corrected chi connectivity index (χ4v) is 3.10. The van der Waals surface area contributed by atoms with Crippen LogP contribution in [0.3, 0.4) is 0 Å². The lowest BCUT2D eigenvalue weighted by Crippen LogP contribution is -2.25. The third-order valence-corrected chi connectivity index (χ3v) is 4.41. The van der Waals surface area contributed by atoms with Gasteiger partial charge in [-0.3, -0.25) is 0 Å². The van der Waals surface area contributed by atoms with Crippen LogP contribution in [0.1, 0.15) is 17.5 Å². The van der Waals surface area contributed by atoms with E-state index in [-0.39, 0.29) is 0 Å². The Labute approximate surface area is 131 Å². The van der Waals surface area contributed by atoms with Crippen molar-refractivity contribution in [3.05, 3.63) is 64.7 Å². The van der Waals surface area contributed by atoms with Crippen LogP contribution in [0.25, 0.3) is 0 Å². The Morgan fingerprint density at radius 2 is 1.86 bits per heavy atom. The lowest BCUT2D eigenvalue weighted by atomic mass is 10.2. The third kappa shape index (κ3) is 3.58. The molecule has 0 saturated carbocycles. The largest absolute Gasteiger partial charge is 0.371 e. The second kappa shape index (κ2) is 6.97. The van der Waals surface area contributed by atoms with Crippen LogP contribution >= 0.6 is 11.6 Å². The summed E-state index contributed by atoms with van der Waals surface area (Å²) in [4.78, 5) is 2.49. The lowest BCUT2D eigenvalue weighted by molar-refractivity contribution is 0.638. The Kier molecular flexibility index (Phi) is 4.79. The molecule has 3 rings (SSSR count). The number of para-hydroxylation sites is 1. The summed E-state index contributed by atoms with van der Waals surface area (Å²) in [6, 6.07) is 16.8. The summed E-state index contributed by atoms with van der Waals surface area (Å²) in [6.45, 7) is 4.14. The van der Waals surface area contributed by atoms with E-state index in [1.807, 2.05) is 18.2 Å². The van der Waals surface area contributed by atoms with Crippen molar-refractivity contribution < 1.29 is 0 Å². The predicted octanol–water partition coefficient (Wildman–Crippen LogP) is 3.88. The van der Waals surface area contributed by atoms with Crippen LogP contribution in [0.5, 0.6) is 0 Å². The van der Waals surface area contributed by atoms with Gasteiger partial charge in [-0.25, -0.2) is 0 Å². The van der Waals surface area contributed by atoms with E-state index in [0.29, 0.717) is 0 Å². The fourth-order valence-electron chi connectivity index (χ4n) is 2.90. The summed E-state index contributed by atoms with van der Waals surface area (Å²) >= 11 is 6.15. The van der Waals surface area contributed by atoms with Gasteiger partial charge >= 0.3 is 0 Å². The van der Waals surface area contributed by atoms with E-state index in [0.717, 1.165) is 37.6 Å². The number of fused-ring (bicyclic) bond motifs is 1. The number of hydrogen-bond donors (Lipinski definition) is 1. The normalized spacial score (nSPS) is 13.5. The van der Waals surface area contributed by atoms with Crippen molar-refractivity contribution in [2.75, 3.05) is 24.5 Å². The van der Waals surface area contributed by atoms with Crippen LogP contribution in [0, 0.1) is 0 Å². The van der Waals surface area contributed by atoms with Gasteiger partial charge in [-0.2, -0.15) is 0 Å². The molecule has 0 saturated heterocycles. The summed E-state index contributed by atoms with van der Waals surface area (Å²) in [6.07, 6.45) is 2.34. The SMILES string of the molecule is Clc1ccccc1CNCCCN1CCc2ccccc21. The molecule has 0 aliphatic carbocycles. The van der Waals surface area contributed by atoms with Gasteiger partial charge in [0.15, 0.2) is 0 Å². The van der Waals surface area contributed by atoms with E-state index in [4.69, 9.17) is 11.6 Å². The smallest absolute Gasteiger partial charge is 0.0450 e. The first-order chi connectivity index (χ1) is 10.3. The van der Waals surface area contributed by atoms with Crippen molar-refractivity contribution >= 4 is 17.3 Å². The molecule has 1 aliphatic heterocycles. The summed E-state index contributed by atoms with van der Waals surface area (Å²) in [5.74, 6) is 0. The molecule has 1 heterocycles. The molecule has 110 valence electrons. The first kappa shape index (κ1) is 14.4. The fraction of sp³-hybridized carbons (Fsp3) is 0.333. The van der Waals surface area contributed by atoms with Crippen LogP contribution in [0.2, 0.25) is 5.02 Å².